The molecule has 0 amide bonds. The lowest BCUT2D eigenvalue weighted by Gasteiger charge is -2.04. The van der Waals surface area contributed by atoms with E-state index < -0.39 is 5.60 Å². The molecule has 3 nitrogen and oxygen atoms in total. The van der Waals surface area contributed by atoms with Crippen molar-refractivity contribution in [2.45, 2.75) is 123 Å². The first kappa shape index (κ1) is 49.5. The summed E-state index contributed by atoms with van der Waals surface area (Å²) < 4.78 is 4.75. The van der Waals surface area contributed by atoms with E-state index >= 15 is 0 Å². The van der Waals surface area contributed by atoms with Crippen LogP contribution in [-0.2, 0) is 9.53 Å². The Labute approximate surface area is 157 Å². The van der Waals surface area contributed by atoms with Gasteiger partial charge in [0.2, 0.25) is 0 Å². The van der Waals surface area contributed by atoms with Gasteiger partial charge in [-0.2, -0.15) is 0 Å². The van der Waals surface area contributed by atoms with Crippen LogP contribution in [0.2, 0.25) is 0 Å². The van der Waals surface area contributed by atoms with Gasteiger partial charge in [0.05, 0.1) is 11.7 Å². The third-order valence-corrected chi connectivity index (χ3v) is 0.471. The van der Waals surface area contributed by atoms with Crippen molar-refractivity contribution in [3.05, 3.63) is 0 Å². The van der Waals surface area contributed by atoms with Crippen LogP contribution in [0.4, 0.5) is 0 Å². The van der Waals surface area contributed by atoms with Gasteiger partial charge < -0.3 is 14.6 Å². The average molecular weight is 357 g/mol. The molecule has 0 aliphatic rings. The summed E-state index contributed by atoms with van der Waals surface area (Å²) in [5.41, 5.74) is -0.500. The van der Waals surface area contributed by atoms with E-state index in [1.165, 1.54) is 20.3 Å². The van der Waals surface area contributed by atoms with Gasteiger partial charge >= 0.3 is 0 Å². The van der Waals surface area contributed by atoms with Crippen LogP contribution in [0.3, 0.4) is 0 Å². The molecule has 0 aromatic rings. The van der Waals surface area contributed by atoms with E-state index in [1.807, 2.05) is 13.8 Å². The van der Waals surface area contributed by atoms with E-state index in [2.05, 4.69) is 34.6 Å². The number of ether oxygens (including phenoxy) is 1. The average Bonchev–Trinajstić information content (AvgIpc) is 2.14. The predicted octanol–water partition coefficient (Wildman–Crippen LogP) is 7.40. The summed E-state index contributed by atoms with van der Waals surface area (Å²) in [6.45, 7) is 23.0. The molecule has 0 unspecified atom stereocenters. The van der Waals surface area contributed by atoms with Gasteiger partial charge in [-0.25, -0.2) is 0 Å². The standard InChI is InChI=1S/2C4H10O.C4H10.C3H6O.C3H8.3CH4/c1-4(2)5-3;1-4(2,3)5;1-4(2)3;1-3(2)4;1-3-2;;;/h4H,1-3H3;5H,1-3H3;4H,1-3H3;1-2H3;3H2,1-2H3;3*1H4. The monoisotopic (exact) mass is 356 g/mol. The van der Waals surface area contributed by atoms with Crippen molar-refractivity contribution in [3.63, 3.8) is 0 Å². The second-order valence-electron chi connectivity index (χ2n) is 6.80. The molecule has 0 rings (SSSR count). The SMILES string of the molecule is C.C.C.CC(C)(C)O.CC(C)=O.CC(C)C.CCC.COC(C)C. The number of aliphatic hydroxyl groups is 1. The number of Topliss-reactive ketones (excluding diaryl/α,β-unsaturated/α-hetero) is 1. The summed E-state index contributed by atoms with van der Waals surface area (Å²) in [5, 5.41) is 8.52. The maximum absolute atomic E-state index is 9.44. The Morgan fingerprint density at radius 3 is 0.958 bits per heavy atom. The zero-order chi connectivity index (χ0) is 18.6. The predicted molar refractivity (Wildman–Crippen MR) is 117 cm³/mol. The zero-order valence-electron chi connectivity index (χ0n) is 17.1. The smallest absolute Gasteiger partial charge is 0.126 e. The molecule has 0 fully saturated rings. The van der Waals surface area contributed by atoms with Gasteiger partial charge in [0.1, 0.15) is 5.78 Å². The van der Waals surface area contributed by atoms with Crippen molar-refractivity contribution in [3.8, 4) is 0 Å². The zero-order valence-corrected chi connectivity index (χ0v) is 17.1. The summed E-state index contributed by atoms with van der Waals surface area (Å²) in [6, 6.07) is 0. The molecule has 0 aromatic heterocycles. The number of carbonyl (C=O) groups is 1. The molecule has 0 heterocycles. The van der Waals surface area contributed by atoms with E-state index in [1.54, 1.807) is 27.9 Å². The highest BCUT2D eigenvalue weighted by Gasteiger charge is 1.97. The van der Waals surface area contributed by atoms with Crippen LogP contribution >= 0.6 is 0 Å². The molecular formula is C21H56O3. The highest BCUT2D eigenvalue weighted by atomic mass is 16.5. The lowest BCUT2D eigenvalue weighted by molar-refractivity contribution is -0.115. The Bertz CT molecular complexity index is 156. The second-order valence-corrected chi connectivity index (χ2v) is 6.80. The van der Waals surface area contributed by atoms with Gasteiger partial charge in [-0.1, -0.05) is 63.3 Å². The van der Waals surface area contributed by atoms with Crippen LogP contribution in [0, 0.1) is 5.92 Å². The molecule has 1 N–H and O–H groups in total. The molecule has 24 heavy (non-hydrogen) atoms. The number of hydrogen-bond acceptors (Lipinski definition) is 3. The third-order valence-electron chi connectivity index (χ3n) is 0.471. The Balaban J connectivity index is -0.0000000218. The summed E-state index contributed by atoms with van der Waals surface area (Å²) in [6.07, 6.45) is 1.63. The molecule has 0 bridgehead atoms. The Morgan fingerprint density at radius 2 is 0.958 bits per heavy atom. The number of carbonyl (C=O) groups excluding carboxylic acids is 1. The Morgan fingerprint density at radius 1 is 0.917 bits per heavy atom. The van der Waals surface area contributed by atoms with E-state index in [-0.39, 0.29) is 28.1 Å². The van der Waals surface area contributed by atoms with Crippen LogP contribution in [0.25, 0.3) is 0 Å². The summed E-state index contributed by atoms with van der Waals surface area (Å²) in [5.74, 6) is 1.00. The lowest BCUT2D eigenvalue weighted by Crippen LogP contribution is -2.10. The minimum atomic E-state index is -0.500. The minimum Gasteiger partial charge on any atom is -0.391 e. The number of rotatable bonds is 1. The Kier molecular flexibility index (Phi) is 79.0. The van der Waals surface area contributed by atoms with E-state index in [0.29, 0.717) is 6.10 Å². The summed E-state index contributed by atoms with van der Waals surface area (Å²) >= 11 is 0. The molecule has 0 aliphatic carbocycles. The molecule has 0 spiro atoms. The van der Waals surface area contributed by atoms with Crippen LogP contribution in [0.15, 0.2) is 0 Å². The molecule has 0 saturated heterocycles. The third kappa shape index (κ3) is 3620. The van der Waals surface area contributed by atoms with Crippen LogP contribution < -0.4 is 0 Å². The van der Waals surface area contributed by atoms with Crippen LogP contribution in [0.5, 0.6) is 0 Å². The molecule has 3 heteroatoms. The van der Waals surface area contributed by atoms with Gasteiger partial charge in [0.25, 0.3) is 0 Å². The fourth-order valence-corrected chi connectivity index (χ4v) is 0. The van der Waals surface area contributed by atoms with Crippen molar-refractivity contribution >= 4 is 5.78 Å². The maximum Gasteiger partial charge on any atom is 0.126 e. The first-order chi connectivity index (χ1) is 9.15. The molecule has 158 valence electrons. The molecule has 0 saturated carbocycles. The van der Waals surface area contributed by atoms with Crippen LogP contribution in [0.1, 0.15) is 112 Å². The number of ketones is 1. The van der Waals surface area contributed by atoms with E-state index in [4.69, 9.17) is 9.84 Å². The van der Waals surface area contributed by atoms with Gasteiger partial charge in [-0.3, -0.25) is 0 Å². The number of hydrogen-bond donors (Lipinski definition) is 1. The Hall–Kier alpha value is -0.410. The van der Waals surface area contributed by atoms with Crippen LogP contribution in [-0.4, -0.2) is 29.7 Å². The maximum atomic E-state index is 9.44. The second kappa shape index (κ2) is 38.3. The highest BCUT2D eigenvalue weighted by molar-refractivity contribution is 5.72. The topological polar surface area (TPSA) is 46.5 Å². The van der Waals surface area contributed by atoms with Gasteiger partial charge in [0, 0.05) is 7.11 Å². The van der Waals surface area contributed by atoms with Crippen molar-refractivity contribution < 1.29 is 14.6 Å². The van der Waals surface area contributed by atoms with Crippen molar-refractivity contribution in [2.75, 3.05) is 7.11 Å². The van der Waals surface area contributed by atoms with Crippen molar-refractivity contribution in [1.29, 1.82) is 0 Å². The lowest BCUT2D eigenvalue weighted by atomic mass is 10.2. The highest BCUT2D eigenvalue weighted by Crippen LogP contribution is 1.93. The van der Waals surface area contributed by atoms with Gasteiger partial charge in [0.15, 0.2) is 0 Å². The first-order valence-electron chi connectivity index (χ1n) is 7.87. The first-order valence-corrected chi connectivity index (χ1v) is 7.87. The van der Waals surface area contributed by atoms with Crippen molar-refractivity contribution in [2.24, 2.45) is 5.92 Å². The molecule has 0 radical (unpaired) electrons. The summed E-state index contributed by atoms with van der Waals surface area (Å²) in [4.78, 5) is 9.44. The van der Waals surface area contributed by atoms with E-state index in [0.717, 1.165) is 5.92 Å². The summed E-state index contributed by atoms with van der Waals surface area (Å²) in [7, 11) is 1.70. The van der Waals surface area contributed by atoms with E-state index in [9.17, 15) is 4.79 Å². The van der Waals surface area contributed by atoms with Crippen molar-refractivity contribution in [1.82, 2.24) is 0 Å². The largest absolute Gasteiger partial charge is 0.391 e. The molecule has 0 atom stereocenters. The number of methoxy groups -OCH3 is 1. The fraction of sp³-hybridized carbons (Fsp3) is 0.952. The molecular weight excluding hydrogens is 300 g/mol. The quantitative estimate of drug-likeness (QED) is 0.532. The normalized spacial score (nSPS) is 7.83. The minimum absolute atomic E-state index is 0. The molecule has 0 aromatic carbocycles. The van der Waals surface area contributed by atoms with Gasteiger partial charge in [-0.05, 0) is 54.4 Å². The van der Waals surface area contributed by atoms with Gasteiger partial charge in [-0.15, -0.1) is 0 Å². The fourth-order valence-electron chi connectivity index (χ4n) is 0. The molecule has 0 aliphatic heterocycles.